The molecule has 1 aromatic heterocycles. The molecule has 0 radical (unpaired) electrons. The van der Waals surface area contributed by atoms with Crippen LogP contribution in [-0.2, 0) is 6.54 Å². The second kappa shape index (κ2) is 6.68. The fraction of sp³-hybridized carbons (Fsp3) is 0.778. The van der Waals surface area contributed by atoms with Crippen molar-refractivity contribution in [1.82, 2.24) is 14.5 Å². The summed E-state index contributed by atoms with van der Waals surface area (Å²) in [5.74, 6) is 2.30. The molecule has 0 bridgehead atoms. The minimum Gasteiger partial charge on any atom is -0.297 e. The van der Waals surface area contributed by atoms with Crippen LogP contribution >= 0.6 is 34.9 Å². The summed E-state index contributed by atoms with van der Waals surface area (Å²) in [5.41, 5.74) is 0.887. The average molecular weight is 266 g/mol. The number of nitrogens with zero attached hydrogens (tertiary/aromatic N) is 3. The number of hydrogen-bond donors (Lipinski definition) is 0. The van der Waals surface area contributed by atoms with Crippen LogP contribution in [0.2, 0.25) is 4.34 Å². The number of halogens is 1. The molecular formula is C9H16ClN3S2. The monoisotopic (exact) mass is 265 g/mol. The summed E-state index contributed by atoms with van der Waals surface area (Å²) in [6, 6.07) is 0.535. The van der Waals surface area contributed by atoms with Gasteiger partial charge in [-0.3, -0.25) is 4.90 Å². The first kappa shape index (κ1) is 13.2. The van der Waals surface area contributed by atoms with Gasteiger partial charge in [0.1, 0.15) is 10.0 Å². The molecule has 0 unspecified atom stereocenters. The Labute approximate surface area is 104 Å². The van der Waals surface area contributed by atoms with Crippen molar-refractivity contribution in [3.8, 4) is 0 Å². The van der Waals surface area contributed by atoms with E-state index in [0.29, 0.717) is 10.4 Å². The van der Waals surface area contributed by atoms with Gasteiger partial charge in [-0.25, -0.2) is 0 Å². The van der Waals surface area contributed by atoms with Crippen molar-refractivity contribution in [3.63, 3.8) is 0 Å². The van der Waals surface area contributed by atoms with Gasteiger partial charge in [-0.15, -0.1) is 5.10 Å². The molecule has 0 spiro atoms. The van der Waals surface area contributed by atoms with E-state index in [9.17, 15) is 0 Å². The maximum Gasteiger partial charge on any atom is 0.138 e. The van der Waals surface area contributed by atoms with Crippen molar-refractivity contribution in [1.29, 1.82) is 0 Å². The molecule has 0 aliphatic heterocycles. The molecule has 0 aromatic carbocycles. The van der Waals surface area contributed by atoms with Gasteiger partial charge in [0.2, 0.25) is 0 Å². The molecule has 0 saturated heterocycles. The van der Waals surface area contributed by atoms with Crippen LogP contribution in [0.4, 0.5) is 0 Å². The normalized spacial score (nSPS) is 13.4. The van der Waals surface area contributed by atoms with Crippen LogP contribution < -0.4 is 0 Å². The number of rotatable bonds is 6. The van der Waals surface area contributed by atoms with Gasteiger partial charge >= 0.3 is 0 Å². The van der Waals surface area contributed by atoms with E-state index in [0.717, 1.165) is 23.7 Å². The summed E-state index contributed by atoms with van der Waals surface area (Å²) in [4.78, 5) is 2.26. The highest BCUT2D eigenvalue weighted by Gasteiger charge is 2.13. The van der Waals surface area contributed by atoms with Crippen LogP contribution in [0.25, 0.3) is 0 Å². The van der Waals surface area contributed by atoms with Crippen LogP contribution in [0.5, 0.6) is 0 Å². The standard InChI is InChI=1S/C9H16ClN3S2/c1-4-14-6-7(2)13(3)5-8-9(10)15-12-11-8/h7H,4-6H2,1-3H3/t7-/m0/s1. The zero-order valence-electron chi connectivity index (χ0n) is 9.23. The van der Waals surface area contributed by atoms with E-state index >= 15 is 0 Å². The first-order chi connectivity index (χ1) is 7.15. The van der Waals surface area contributed by atoms with E-state index in [4.69, 9.17) is 11.6 Å². The Morgan fingerprint density at radius 1 is 1.60 bits per heavy atom. The highest BCUT2D eigenvalue weighted by molar-refractivity contribution is 7.99. The first-order valence-electron chi connectivity index (χ1n) is 4.89. The maximum atomic E-state index is 5.95. The van der Waals surface area contributed by atoms with Crippen LogP contribution in [0, 0.1) is 0 Å². The quantitative estimate of drug-likeness (QED) is 0.791. The van der Waals surface area contributed by atoms with Gasteiger partial charge in [0.05, 0.1) is 0 Å². The fourth-order valence-corrected chi connectivity index (χ4v) is 2.54. The molecule has 1 rings (SSSR count). The lowest BCUT2D eigenvalue weighted by Crippen LogP contribution is -2.30. The Morgan fingerprint density at radius 3 is 2.87 bits per heavy atom. The van der Waals surface area contributed by atoms with Crippen molar-refractivity contribution < 1.29 is 0 Å². The molecule has 0 saturated carbocycles. The molecule has 0 N–H and O–H groups in total. The molecule has 1 heterocycles. The van der Waals surface area contributed by atoms with E-state index in [1.54, 1.807) is 0 Å². The first-order valence-corrected chi connectivity index (χ1v) is 7.20. The van der Waals surface area contributed by atoms with Crippen molar-refractivity contribution in [2.24, 2.45) is 0 Å². The van der Waals surface area contributed by atoms with Gasteiger partial charge < -0.3 is 0 Å². The van der Waals surface area contributed by atoms with Crippen molar-refractivity contribution in [3.05, 3.63) is 10.0 Å². The molecule has 86 valence electrons. The zero-order chi connectivity index (χ0) is 11.3. The molecule has 6 heteroatoms. The van der Waals surface area contributed by atoms with Gasteiger partial charge in [0, 0.05) is 29.9 Å². The van der Waals surface area contributed by atoms with Gasteiger partial charge in [0.25, 0.3) is 0 Å². The molecule has 3 nitrogen and oxygen atoms in total. The van der Waals surface area contributed by atoms with Gasteiger partial charge in [-0.05, 0) is 19.7 Å². The Hall–Kier alpha value is 0.160. The smallest absolute Gasteiger partial charge is 0.138 e. The van der Waals surface area contributed by atoms with Crippen LogP contribution in [-0.4, -0.2) is 39.1 Å². The summed E-state index contributed by atoms with van der Waals surface area (Å²) in [6.45, 7) is 5.18. The fourth-order valence-electron chi connectivity index (χ4n) is 1.10. The number of thioether (sulfide) groups is 1. The zero-order valence-corrected chi connectivity index (χ0v) is 11.6. The minimum absolute atomic E-state index is 0.535. The Morgan fingerprint density at radius 2 is 2.33 bits per heavy atom. The summed E-state index contributed by atoms with van der Waals surface area (Å²) < 4.78 is 4.53. The topological polar surface area (TPSA) is 29.0 Å². The average Bonchev–Trinajstić information content (AvgIpc) is 2.61. The summed E-state index contributed by atoms with van der Waals surface area (Å²) in [7, 11) is 2.09. The summed E-state index contributed by atoms with van der Waals surface area (Å²) >= 11 is 9.16. The van der Waals surface area contributed by atoms with E-state index in [2.05, 4.69) is 35.4 Å². The largest absolute Gasteiger partial charge is 0.297 e. The molecule has 0 aliphatic carbocycles. The molecule has 1 aromatic rings. The van der Waals surface area contributed by atoms with Crippen molar-refractivity contribution in [2.75, 3.05) is 18.6 Å². The second-order valence-corrected chi connectivity index (χ2v) is 6.09. The van der Waals surface area contributed by atoms with Gasteiger partial charge in [0.15, 0.2) is 0 Å². The predicted octanol–water partition coefficient (Wildman–Crippen LogP) is 2.76. The lowest BCUT2D eigenvalue weighted by atomic mass is 10.3. The van der Waals surface area contributed by atoms with Crippen LogP contribution in [0.1, 0.15) is 19.5 Å². The third-order valence-corrected chi connectivity index (χ3v) is 4.33. The van der Waals surface area contributed by atoms with Crippen molar-refractivity contribution >= 4 is 34.9 Å². The lowest BCUT2D eigenvalue weighted by molar-refractivity contribution is 0.266. The Bertz CT molecular complexity index is 293. The van der Waals surface area contributed by atoms with E-state index < -0.39 is 0 Å². The Kier molecular flexibility index (Phi) is 5.89. The lowest BCUT2D eigenvalue weighted by Gasteiger charge is -2.23. The minimum atomic E-state index is 0.535. The SMILES string of the molecule is CCSC[C@H](C)N(C)Cc1nnsc1Cl. The molecule has 1 atom stereocenters. The molecule has 0 aliphatic rings. The Balaban J connectivity index is 2.41. The molecule has 0 fully saturated rings. The highest BCUT2D eigenvalue weighted by atomic mass is 35.5. The predicted molar refractivity (Wildman–Crippen MR) is 68.8 cm³/mol. The van der Waals surface area contributed by atoms with E-state index in [-0.39, 0.29) is 0 Å². The van der Waals surface area contributed by atoms with Gasteiger partial charge in [-0.2, -0.15) is 11.8 Å². The van der Waals surface area contributed by atoms with E-state index in [1.807, 2.05) is 11.8 Å². The summed E-state index contributed by atoms with van der Waals surface area (Å²) in [5, 5.41) is 4.01. The third kappa shape index (κ3) is 4.26. The van der Waals surface area contributed by atoms with Gasteiger partial charge in [-0.1, -0.05) is 23.0 Å². The molecule has 0 amide bonds. The van der Waals surface area contributed by atoms with Crippen LogP contribution in [0.15, 0.2) is 0 Å². The van der Waals surface area contributed by atoms with Crippen LogP contribution in [0.3, 0.4) is 0 Å². The van der Waals surface area contributed by atoms with E-state index in [1.165, 1.54) is 11.5 Å². The summed E-state index contributed by atoms with van der Waals surface area (Å²) in [6.07, 6.45) is 0. The third-order valence-electron chi connectivity index (χ3n) is 2.22. The maximum absolute atomic E-state index is 5.95. The highest BCUT2D eigenvalue weighted by Crippen LogP contribution is 2.19. The van der Waals surface area contributed by atoms with Crippen molar-refractivity contribution in [2.45, 2.75) is 26.4 Å². The molecular weight excluding hydrogens is 250 g/mol. The number of aromatic nitrogens is 2. The number of hydrogen-bond acceptors (Lipinski definition) is 5. The second-order valence-electron chi connectivity index (χ2n) is 3.42. The molecule has 15 heavy (non-hydrogen) atoms.